The number of para-hydroxylation sites is 1. The number of nitrogens with zero attached hydrogens (tertiary/aromatic N) is 2. The van der Waals surface area contributed by atoms with Crippen molar-refractivity contribution in [2.24, 2.45) is 0 Å². The zero-order valence-electron chi connectivity index (χ0n) is 19.9. The van der Waals surface area contributed by atoms with Crippen LogP contribution in [0.15, 0.2) is 64.3 Å². The van der Waals surface area contributed by atoms with Crippen molar-refractivity contribution in [3.63, 3.8) is 0 Å². The maximum atomic E-state index is 13.6. The molecule has 0 spiro atoms. The monoisotopic (exact) mass is 478 g/mol. The molecule has 182 valence electrons. The van der Waals surface area contributed by atoms with Gasteiger partial charge in [0.2, 0.25) is 5.78 Å². The summed E-state index contributed by atoms with van der Waals surface area (Å²) in [5.41, 5.74) is 1.19. The summed E-state index contributed by atoms with van der Waals surface area (Å²) in [5.74, 6) is -1.94. The lowest BCUT2D eigenvalue weighted by atomic mass is 9.94. The van der Waals surface area contributed by atoms with E-state index in [2.05, 4.69) is 0 Å². The predicted octanol–water partition coefficient (Wildman–Crippen LogP) is 3.37. The van der Waals surface area contributed by atoms with E-state index in [1.54, 1.807) is 48.5 Å². The molecule has 0 aliphatic carbocycles. The second-order valence-electron chi connectivity index (χ2n) is 8.40. The van der Waals surface area contributed by atoms with Crippen molar-refractivity contribution in [3.8, 4) is 5.75 Å². The lowest BCUT2D eigenvalue weighted by molar-refractivity contribution is -0.129. The Morgan fingerprint density at radius 1 is 1.11 bits per heavy atom. The third-order valence-electron chi connectivity index (χ3n) is 5.94. The van der Waals surface area contributed by atoms with Gasteiger partial charge in [-0.05, 0) is 43.9 Å². The highest BCUT2D eigenvalue weighted by Gasteiger charge is 2.44. The van der Waals surface area contributed by atoms with Crippen molar-refractivity contribution in [1.29, 1.82) is 0 Å². The van der Waals surface area contributed by atoms with Crippen LogP contribution in [0.1, 0.15) is 32.5 Å². The fourth-order valence-corrected chi connectivity index (χ4v) is 4.13. The molecular formula is C26H26N2O7. The molecule has 9 nitrogen and oxygen atoms in total. The van der Waals surface area contributed by atoms with E-state index in [4.69, 9.17) is 13.9 Å². The van der Waals surface area contributed by atoms with Crippen LogP contribution in [0.25, 0.3) is 11.0 Å². The van der Waals surface area contributed by atoms with Gasteiger partial charge < -0.3 is 28.8 Å². The number of amides is 1. The largest absolute Gasteiger partial charge is 0.503 e. The molecule has 3 aromatic rings. The molecule has 1 amide bonds. The van der Waals surface area contributed by atoms with Gasteiger partial charge in [0, 0.05) is 18.5 Å². The SMILES string of the molecule is COC(=O)c1ccc([C@H]2C(C(=O)c3cc4cccc(OC)c4o3)=C(O)C(=O)N2CCN(C)C)cc1. The number of likely N-dealkylation sites (N-methyl/N-ethyl adjacent to an activating group) is 1. The summed E-state index contributed by atoms with van der Waals surface area (Å²) >= 11 is 0. The van der Waals surface area contributed by atoms with Gasteiger partial charge in [-0.1, -0.05) is 24.3 Å². The summed E-state index contributed by atoms with van der Waals surface area (Å²) < 4.78 is 15.9. The molecule has 0 bridgehead atoms. The molecule has 1 N–H and O–H groups in total. The Labute approximate surface area is 202 Å². The Balaban J connectivity index is 1.78. The summed E-state index contributed by atoms with van der Waals surface area (Å²) in [6.07, 6.45) is 0. The number of hydrogen-bond donors (Lipinski definition) is 1. The van der Waals surface area contributed by atoms with E-state index in [-0.39, 0.29) is 17.9 Å². The van der Waals surface area contributed by atoms with Crippen LogP contribution >= 0.6 is 0 Å². The first-order valence-electron chi connectivity index (χ1n) is 10.9. The highest BCUT2D eigenvalue weighted by Crippen LogP contribution is 2.40. The van der Waals surface area contributed by atoms with Crippen LogP contribution in [-0.4, -0.2) is 74.0 Å². The van der Waals surface area contributed by atoms with E-state index >= 15 is 0 Å². The Kier molecular flexibility index (Phi) is 6.61. The van der Waals surface area contributed by atoms with Crippen LogP contribution in [0, 0.1) is 0 Å². The van der Waals surface area contributed by atoms with Gasteiger partial charge in [-0.15, -0.1) is 0 Å². The first-order valence-corrected chi connectivity index (χ1v) is 10.9. The minimum absolute atomic E-state index is 0.0236. The number of esters is 1. The Morgan fingerprint density at radius 3 is 2.46 bits per heavy atom. The molecule has 0 saturated heterocycles. The Bertz CT molecular complexity index is 1320. The molecule has 35 heavy (non-hydrogen) atoms. The summed E-state index contributed by atoms with van der Waals surface area (Å²) in [4.78, 5) is 41.9. The predicted molar refractivity (Wildman–Crippen MR) is 128 cm³/mol. The lowest BCUT2D eigenvalue weighted by Crippen LogP contribution is -2.36. The van der Waals surface area contributed by atoms with Gasteiger partial charge in [0.15, 0.2) is 22.9 Å². The zero-order chi connectivity index (χ0) is 25.3. The molecule has 1 aromatic heterocycles. The smallest absolute Gasteiger partial charge is 0.337 e. The average Bonchev–Trinajstić information content (AvgIpc) is 3.41. The van der Waals surface area contributed by atoms with Crippen molar-refractivity contribution < 1.29 is 33.4 Å². The molecule has 0 radical (unpaired) electrons. The number of carbonyl (C=O) groups excluding carboxylic acids is 3. The molecule has 1 atom stereocenters. The highest BCUT2D eigenvalue weighted by molar-refractivity contribution is 6.16. The minimum atomic E-state index is -0.864. The summed E-state index contributed by atoms with van der Waals surface area (Å²) in [5, 5.41) is 11.5. The Hall–Kier alpha value is -4.11. The number of aliphatic hydroxyl groups excluding tert-OH is 1. The third-order valence-corrected chi connectivity index (χ3v) is 5.94. The van der Waals surface area contributed by atoms with Gasteiger partial charge >= 0.3 is 5.97 Å². The molecule has 1 aliphatic rings. The van der Waals surface area contributed by atoms with Crippen LogP contribution in [0.3, 0.4) is 0 Å². The molecule has 0 fully saturated rings. The third kappa shape index (κ3) is 4.38. The van der Waals surface area contributed by atoms with E-state index in [1.165, 1.54) is 19.1 Å². The van der Waals surface area contributed by atoms with Gasteiger partial charge in [-0.2, -0.15) is 0 Å². The molecule has 9 heteroatoms. The number of ketones is 1. The van der Waals surface area contributed by atoms with E-state index in [1.807, 2.05) is 19.0 Å². The van der Waals surface area contributed by atoms with Crippen LogP contribution in [-0.2, 0) is 9.53 Å². The van der Waals surface area contributed by atoms with Gasteiger partial charge in [-0.25, -0.2) is 4.79 Å². The molecule has 4 rings (SSSR count). The lowest BCUT2D eigenvalue weighted by Gasteiger charge is -2.28. The molecule has 1 aliphatic heterocycles. The van der Waals surface area contributed by atoms with Crippen LogP contribution < -0.4 is 4.74 Å². The van der Waals surface area contributed by atoms with Crippen molar-refractivity contribution in [2.75, 3.05) is 41.4 Å². The number of fused-ring (bicyclic) bond motifs is 1. The van der Waals surface area contributed by atoms with Crippen molar-refractivity contribution >= 4 is 28.6 Å². The van der Waals surface area contributed by atoms with E-state index < -0.39 is 29.5 Å². The number of rotatable bonds is 8. The zero-order valence-corrected chi connectivity index (χ0v) is 19.9. The first kappa shape index (κ1) is 24.0. The van der Waals surface area contributed by atoms with Crippen LogP contribution in [0.4, 0.5) is 0 Å². The average molecular weight is 479 g/mol. The summed E-state index contributed by atoms with van der Waals surface area (Å²) in [6.45, 7) is 0.781. The number of hydrogen-bond acceptors (Lipinski definition) is 8. The number of furan rings is 1. The maximum absolute atomic E-state index is 13.6. The van der Waals surface area contributed by atoms with E-state index in [0.717, 1.165) is 0 Å². The second-order valence-corrected chi connectivity index (χ2v) is 8.40. The topological polar surface area (TPSA) is 110 Å². The molecule has 0 saturated carbocycles. The van der Waals surface area contributed by atoms with Gasteiger partial charge in [0.25, 0.3) is 5.91 Å². The number of aliphatic hydroxyl groups is 1. The van der Waals surface area contributed by atoms with E-state index in [9.17, 15) is 19.5 Å². The number of methoxy groups -OCH3 is 2. The van der Waals surface area contributed by atoms with Crippen molar-refractivity contribution in [3.05, 3.63) is 76.8 Å². The number of benzene rings is 2. The van der Waals surface area contributed by atoms with Gasteiger partial charge in [0.05, 0.1) is 31.4 Å². The minimum Gasteiger partial charge on any atom is -0.503 e. The standard InChI is InChI=1S/C26H26N2O7/c1-27(2)12-13-28-21(15-8-10-16(11-9-15)26(32)34-4)20(23(30)25(28)31)22(29)19-14-17-6-5-7-18(33-3)24(17)35-19/h5-11,14,21,30H,12-13H2,1-4H3/t21-/m0/s1. The van der Waals surface area contributed by atoms with Crippen molar-refractivity contribution in [1.82, 2.24) is 9.80 Å². The second kappa shape index (κ2) is 9.63. The fourth-order valence-electron chi connectivity index (χ4n) is 4.13. The molecule has 2 aromatic carbocycles. The number of ether oxygens (including phenoxy) is 2. The van der Waals surface area contributed by atoms with Gasteiger partial charge in [0.1, 0.15) is 0 Å². The first-order chi connectivity index (χ1) is 16.8. The molecular weight excluding hydrogens is 452 g/mol. The van der Waals surface area contributed by atoms with Crippen LogP contribution in [0.5, 0.6) is 5.75 Å². The summed E-state index contributed by atoms with van der Waals surface area (Å²) in [7, 11) is 6.51. The highest BCUT2D eigenvalue weighted by atomic mass is 16.5. The normalized spacial score (nSPS) is 15.9. The van der Waals surface area contributed by atoms with Crippen molar-refractivity contribution in [2.45, 2.75) is 6.04 Å². The van der Waals surface area contributed by atoms with E-state index in [0.29, 0.717) is 34.4 Å². The number of Topliss-reactive ketones (excluding diaryl/α,β-unsaturated/α-hetero) is 1. The maximum Gasteiger partial charge on any atom is 0.337 e. The van der Waals surface area contributed by atoms with Gasteiger partial charge in [-0.3, -0.25) is 9.59 Å². The molecule has 2 heterocycles. The summed E-state index contributed by atoms with van der Waals surface area (Å²) in [6, 6.07) is 12.3. The molecule has 0 unspecified atom stereocenters. The fraction of sp³-hybridized carbons (Fsp3) is 0.269. The number of carbonyl (C=O) groups is 3. The van der Waals surface area contributed by atoms with Crippen LogP contribution in [0.2, 0.25) is 0 Å². The Morgan fingerprint density at radius 2 is 1.83 bits per heavy atom. The quantitative estimate of drug-likeness (QED) is 0.388.